The Morgan fingerprint density at radius 3 is 2.38 bits per heavy atom. The Labute approximate surface area is 96.5 Å². The van der Waals surface area contributed by atoms with E-state index in [9.17, 15) is 13.2 Å². The van der Waals surface area contributed by atoms with Crippen LogP contribution < -0.4 is 0 Å². The van der Waals surface area contributed by atoms with Crippen molar-refractivity contribution in [2.75, 3.05) is 6.54 Å². The van der Waals surface area contributed by atoms with E-state index in [2.05, 4.69) is 0 Å². The first-order chi connectivity index (χ1) is 7.28. The molecule has 0 spiro atoms. The van der Waals surface area contributed by atoms with Crippen molar-refractivity contribution < 1.29 is 18.3 Å². The molecule has 0 aromatic heterocycles. The number of sulfonamides is 1. The van der Waals surface area contributed by atoms with Gasteiger partial charge in [-0.2, -0.15) is 4.31 Å². The highest BCUT2D eigenvalue weighted by Gasteiger charge is 2.41. The second kappa shape index (κ2) is 4.71. The zero-order valence-electron chi connectivity index (χ0n) is 9.88. The Morgan fingerprint density at radius 2 is 1.94 bits per heavy atom. The smallest absolute Gasteiger partial charge is 0.323 e. The van der Waals surface area contributed by atoms with E-state index >= 15 is 0 Å². The molecule has 1 fully saturated rings. The van der Waals surface area contributed by atoms with Crippen LogP contribution in [0.25, 0.3) is 0 Å². The molecule has 1 rings (SSSR count). The summed E-state index contributed by atoms with van der Waals surface area (Å²) in [5.74, 6) is -1.06. The lowest BCUT2D eigenvalue weighted by Crippen LogP contribution is -2.45. The average molecular weight is 249 g/mol. The van der Waals surface area contributed by atoms with Gasteiger partial charge in [0.25, 0.3) is 0 Å². The molecule has 0 radical (unpaired) electrons. The van der Waals surface area contributed by atoms with Crippen LogP contribution in [0.15, 0.2) is 0 Å². The van der Waals surface area contributed by atoms with E-state index in [1.54, 1.807) is 0 Å². The number of aliphatic carboxylic acids is 1. The Bertz CT molecular complexity index is 363. The van der Waals surface area contributed by atoms with Gasteiger partial charge in [0, 0.05) is 12.6 Å². The summed E-state index contributed by atoms with van der Waals surface area (Å²) in [5.41, 5.74) is 0. The highest BCUT2D eigenvalue weighted by molar-refractivity contribution is 7.90. The van der Waals surface area contributed by atoms with Crippen molar-refractivity contribution in [1.82, 2.24) is 4.31 Å². The van der Waals surface area contributed by atoms with Crippen molar-refractivity contribution >= 4 is 16.0 Å². The van der Waals surface area contributed by atoms with E-state index in [0.29, 0.717) is 6.54 Å². The van der Waals surface area contributed by atoms with E-state index in [0.717, 1.165) is 12.8 Å². The first-order valence-corrected chi connectivity index (χ1v) is 7.02. The zero-order chi connectivity index (χ0) is 12.5. The second-order valence-electron chi connectivity index (χ2n) is 4.59. The fourth-order valence-corrected chi connectivity index (χ4v) is 3.85. The molecule has 1 aliphatic heterocycles. The summed E-state index contributed by atoms with van der Waals surface area (Å²) in [4.78, 5) is 10.8. The first kappa shape index (κ1) is 13.4. The van der Waals surface area contributed by atoms with Crippen LogP contribution in [0.3, 0.4) is 0 Å². The van der Waals surface area contributed by atoms with Crippen molar-refractivity contribution in [2.24, 2.45) is 5.92 Å². The lowest BCUT2D eigenvalue weighted by atomic mass is 10.0. The van der Waals surface area contributed by atoms with Gasteiger partial charge in [-0.15, -0.1) is 0 Å². The van der Waals surface area contributed by atoms with Crippen LogP contribution in [0.5, 0.6) is 0 Å². The van der Waals surface area contributed by atoms with Crippen molar-refractivity contribution in [1.29, 1.82) is 0 Å². The number of nitrogens with zero attached hydrogens (tertiary/aromatic N) is 1. The summed E-state index contributed by atoms with van der Waals surface area (Å²) < 4.78 is 25.4. The van der Waals surface area contributed by atoms with Crippen molar-refractivity contribution in [3.05, 3.63) is 0 Å². The van der Waals surface area contributed by atoms with Crippen LogP contribution >= 0.6 is 0 Å². The quantitative estimate of drug-likeness (QED) is 0.803. The van der Waals surface area contributed by atoms with E-state index in [4.69, 9.17) is 5.11 Å². The monoisotopic (exact) mass is 249 g/mol. The minimum atomic E-state index is -3.70. The summed E-state index contributed by atoms with van der Waals surface area (Å²) in [7, 11) is -3.70. The maximum absolute atomic E-state index is 12.0. The third kappa shape index (κ3) is 2.38. The van der Waals surface area contributed by atoms with Gasteiger partial charge in [-0.1, -0.05) is 13.8 Å². The third-order valence-electron chi connectivity index (χ3n) is 3.14. The molecule has 0 saturated carbocycles. The van der Waals surface area contributed by atoms with Crippen LogP contribution in [0.1, 0.15) is 33.6 Å². The summed E-state index contributed by atoms with van der Waals surface area (Å²) in [6.07, 6.45) is 1.64. The Balaban J connectivity index is 2.95. The maximum Gasteiger partial charge on any atom is 0.323 e. The molecule has 0 aromatic rings. The van der Waals surface area contributed by atoms with Gasteiger partial charge in [-0.25, -0.2) is 8.42 Å². The normalized spacial score (nSPS) is 24.9. The van der Waals surface area contributed by atoms with Crippen molar-refractivity contribution in [3.63, 3.8) is 0 Å². The molecular formula is C10H19NO4S. The standard InChI is InChI=1S/C10H19NO4S/c1-7(2)9-5-4-6-11(9)16(14,15)8(3)10(12)13/h7-9H,4-6H2,1-3H3,(H,12,13). The summed E-state index contributed by atoms with van der Waals surface area (Å²) in [6, 6.07) is -0.0493. The van der Waals surface area contributed by atoms with Crippen molar-refractivity contribution in [2.45, 2.75) is 44.9 Å². The number of carbonyl (C=O) groups is 1. The van der Waals surface area contributed by atoms with Gasteiger partial charge < -0.3 is 5.11 Å². The molecule has 1 saturated heterocycles. The molecule has 0 bridgehead atoms. The molecule has 16 heavy (non-hydrogen) atoms. The molecule has 1 heterocycles. The van der Waals surface area contributed by atoms with E-state index in [1.807, 2.05) is 13.8 Å². The van der Waals surface area contributed by atoms with E-state index in [1.165, 1.54) is 11.2 Å². The minimum Gasteiger partial charge on any atom is -0.480 e. The Kier molecular flexibility index (Phi) is 3.96. The van der Waals surface area contributed by atoms with Gasteiger partial charge in [0.05, 0.1) is 0 Å². The molecule has 1 aliphatic rings. The molecular weight excluding hydrogens is 230 g/mol. The second-order valence-corrected chi connectivity index (χ2v) is 6.80. The lowest BCUT2D eigenvalue weighted by Gasteiger charge is -2.28. The fraction of sp³-hybridized carbons (Fsp3) is 0.900. The minimum absolute atomic E-state index is 0.0493. The number of rotatable bonds is 4. The number of carboxylic acid groups (broad SMARTS) is 1. The Hall–Kier alpha value is -0.620. The highest BCUT2D eigenvalue weighted by Crippen LogP contribution is 2.28. The van der Waals surface area contributed by atoms with Crippen LogP contribution in [0.4, 0.5) is 0 Å². The lowest BCUT2D eigenvalue weighted by molar-refractivity contribution is -0.136. The molecule has 0 aliphatic carbocycles. The van der Waals surface area contributed by atoms with Crippen molar-refractivity contribution in [3.8, 4) is 0 Å². The van der Waals surface area contributed by atoms with Crippen LogP contribution in [0.2, 0.25) is 0 Å². The highest BCUT2D eigenvalue weighted by atomic mass is 32.2. The van der Waals surface area contributed by atoms with Gasteiger partial charge >= 0.3 is 5.97 Å². The topological polar surface area (TPSA) is 74.7 Å². The van der Waals surface area contributed by atoms with E-state index in [-0.39, 0.29) is 12.0 Å². The number of hydrogen-bond donors (Lipinski definition) is 1. The number of hydrogen-bond acceptors (Lipinski definition) is 3. The van der Waals surface area contributed by atoms with Crippen LogP contribution in [-0.2, 0) is 14.8 Å². The summed E-state index contributed by atoms with van der Waals surface area (Å²) in [6.45, 7) is 5.60. The molecule has 1 N–H and O–H groups in total. The maximum atomic E-state index is 12.0. The number of carboxylic acids is 1. The van der Waals surface area contributed by atoms with Crippen LogP contribution in [0, 0.1) is 5.92 Å². The summed E-state index contributed by atoms with van der Waals surface area (Å²) in [5, 5.41) is 7.44. The fourth-order valence-electron chi connectivity index (χ4n) is 2.08. The van der Waals surface area contributed by atoms with Crippen LogP contribution in [-0.4, -0.2) is 41.6 Å². The van der Waals surface area contributed by atoms with Gasteiger partial charge in [-0.05, 0) is 25.7 Å². The SMILES string of the molecule is CC(C)C1CCCN1S(=O)(=O)C(C)C(=O)O. The first-order valence-electron chi connectivity index (χ1n) is 5.52. The zero-order valence-corrected chi connectivity index (χ0v) is 10.7. The van der Waals surface area contributed by atoms with Gasteiger partial charge in [0.2, 0.25) is 10.0 Å². The van der Waals surface area contributed by atoms with Gasteiger partial charge in [0.1, 0.15) is 0 Å². The Morgan fingerprint density at radius 1 is 1.38 bits per heavy atom. The molecule has 94 valence electrons. The molecule has 5 nitrogen and oxygen atoms in total. The largest absolute Gasteiger partial charge is 0.480 e. The molecule has 0 amide bonds. The summed E-state index contributed by atoms with van der Waals surface area (Å²) >= 11 is 0. The third-order valence-corrected chi connectivity index (χ3v) is 5.34. The van der Waals surface area contributed by atoms with Gasteiger partial charge in [0.15, 0.2) is 5.25 Å². The molecule has 6 heteroatoms. The van der Waals surface area contributed by atoms with Gasteiger partial charge in [-0.3, -0.25) is 4.79 Å². The molecule has 2 atom stereocenters. The average Bonchev–Trinajstić information content (AvgIpc) is 2.65. The van der Waals surface area contributed by atoms with E-state index < -0.39 is 21.2 Å². The molecule has 2 unspecified atom stereocenters. The predicted molar refractivity (Wildman–Crippen MR) is 60.6 cm³/mol. The molecule has 0 aromatic carbocycles. The predicted octanol–water partition coefficient (Wildman–Crippen LogP) is 0.910.